The lowest BCUT2D eigenvalue weighted by Gasteiger charge is -2.47. The summed E-state index contributed by atoms with van der Waals surface area (Å²) in [4.78, 5) is 57.0. The molecule has 2 aromatic carbocycles. The van der Waals surface area contributed by atoms with Gasteiger partial charge in [-0.2, -0.15) is 5.10 Å². The van der Waals surface area contributed by atoms with E-state index < -0.39 is 0 Å². The molecule has 0 radical (unpaired) electrons. The molecule has 5 heterocycles. The van der Waals surface area contributed by atoms with Gasteiger partial charge in [0, 0.05) is 70.0 Å². The molecule has 2 N–H and O–H groups in total. The zero-order valence-corrected chi connectivity index (χ0v) is 31.5. The highest BCUT2D eigenvalue weighted by Gasteiger charge is 2.39. The first-order valence-electron chi connectivity index (χ1n) is 18.7. The molecular formula is C40H50ClN7O4. The minimum absolute atomic E-state index is 0.0998. The van der Waals surface area contributed by atoms with Gasteiger partial charge in [-0.3, -0.25) is 24.5 Å². The Morgan fingerprint density at radius 2 is 1.60 bits per heavy atom. The van der Waals surface area contributed by atoms with Gasteiger partial charge < -0.3 is 20.0 Å². The molecule has 0 bridgehead atoms. The number of carbonyl (C=O) groups excluding carboxylic acids is 3. The second-order valence-electron chi connectivity index (χ2n) is 15.7. The van der Waals surface area contributed by atoms with Gasteiger partial charge in [0.1, 0.15) is 5.02 Å². The lowest BCUT2D eigenvalue weighted by atomic mass is 9.71. The molecule has 0 aliphatic carbocycles. The number of aryl methyl sites for hydroxylation is 3. The molecule has 276 valence electrons. The highest BCUT2D eigenvalue weighted by atomic mass is 35.5. The quantitative estimate of drug-likeness (QED) is 0.341. The first-order valence-corrected chi connectivity index (χ1v) is 19.0. The number of hydrogen-bond donors (Lipinski definition) is 2. The van der Waals surface area contributed by atoms with Gasteiger partial charge in [0.05, 0.1) is 17.8 Å². The largest absolute Gasteiger partial charge is 0.378 e. The van der Waals surface area contributed by atoms with E-state index in [-0.39, 0.29) is 51.6 Å². The Kier molecular flexibility index (Phi) is 10.2. The van der Waals surface area contributed by atoms with Crippen molar-refractivity contribution in [2.45, 2.75) is 76.7 Å². The maximum Gasteiger partial charge on any atom is 0.287 e. The van der Waals surface area contributed by atoms with E-state index in [1.165, 1.54) is 15.9 Å². The Morgan fingerprint density at radius 3 is 2.25 bits per heavy atom. The average Bonchev–Trinajstić information content (AvgIpc) is 3.12. The molecule has 3 aromatic rings. The summed E-state index contributed by atoms with van der Waals surface area (Å²) in [5, 5.41) is 10.2. The fraction of sp³-hybridized carbons (Fsp3) is 0.525. The number of imide groups is 1. The van der Waals surface area contributed by atoms with Crippen LogP contribution in [-0.2, 0) is 16.6 Å². The van der Waals surface area contributed by atoms with Crippen molar-refractivity contribution in [3.63, 3.8) is 0 Å². The Hall–Kier alpha value is -4.22. The molecule has 11 nitrogen and oxygen atoms in total. The number of nitrogens with one attached hydrogen (secondary N) is 2. The van der Waals surface area contributed by atoms with E-state index in [2.05, 4.69) is 70.7 Å². The highest BCUT2D eigenvalue weighted by molar-refractivity contribution is 6.32. The number of likely N-dealkylation sites (tertiary alicyclic amines) is 2. The van der Waals surface area contributed by atoms with Crippen LogP contribution in [0.1, 0.15) is 89.4 Å². The van der Waals surface area contributed by atoms with Crippen molar-refractivity contribution in [2.75, 3.05) is 56.5 Å². The molecular weight excluding hydrogens is 678 g/mol. The van der Waals surface area contributed by atoms with Crippen LogP contribution in [0.15, 0.2) is 47.4 Å². The molecule has 52 heavy (non-hydrogen) atoms. The third kappa shape index (κ3) is 7.35. The molecule has 12 heteroatoms. The minimum Gasteiger partial charge on any atom is -0.378 e. The molecule has 7 rings (SSSR count). The number of nitrogens with zero attached hydrogens (tertiary/aromatic N) is 5. The molecule has 4 fully saturated rings. The third-order valence-corrected chi connectivity index (χ3v) is 12.5. The van der Waals surface area contributed by atoms with E-state index >= 15 is 0 Å². The Balaban J connectivity index is 0.921. The number of rotatable bonds is 6. The van der Waals surface area contributed by atoms with Crippen molar-refractivity contribution >= 4 is 40.7 Å². The Labute approximate surface area is 310 Å². The van der Waals surface area contributed by atoms with Crippen molar-refractivity contribution in [1.29, 1.82) is 0 Å². The summed E-state index contributed by atoms with van der Waals surface area (Å²) in [7, 11) is 3.68. The van der Waals surface area contributed by atoms with E-state index in [9.17, 15) is 19.2 Å². The number of anilines is 2. The molecule has 1 spiro atoms. The van der Waals surface area contributed by atoms with Gasteiger partial charge in [-0.25, -0.2) is 4.68 Å². The van der Waals surface area contributed by atoms with E-state index in [4.69, 9.17) is 11.6 Å². The first-order chi connectivity index (χ1) is 24.9. The minimum atomic E-state index is -0.320. The third-order valence-electron chi connectivity index (χ3n) is 12.2. The summed E-state index contributed by atoms with van der Waals surface area (Å²) in [5.74, 6) is -0.257. The summed E-state index contributed by atoms with van der Waals surface area (Å²) < 4.78 is 1.23. The summed E-state index contributed by atoms with van der Waals surface area (Å²) in [6, 6.07) is 12.7. The van der Waals surface area contributed by atoms with Crippen molar-refractivity contribution < 1.29 is 14.4 Å². The molecule has 4 aliphatic rings. The van der Waals surface area contributed by atoms with Crippen molar-refractivity contribution in [3.05, 3.63) is 85.8 Å². The van der Waals surface area contributed by atoms with Gasteiger partial charge in [0.25, 0.3) is 11.5 Å². The van der Waals surface area contributed by atoms with Crippen LogP contribution in [0.25, 0.3) is 0 Å². The van der Waals surface area contributed by atoms with Crippen LogP contribution < -0.4 is 21.1 Å². The van der Waals surface area contributed by atoms with E-state index in [1.807, 2.05) is 17.0 Å². The maximum atomic E-state index is 13.6. The second kappa shape index (κ2) is 14.7. The van der Waals surface area contributed by atoms with E-state index in [1.54, 1.807) is 13.2 Å². The number of hydrogen-bond acceptors (Lipinski definition) is 8. The topological polar surface area (TPSA) is 120 Å². The summed E-state index contributed by atoms with van der Waals surface area (Å²) in [6.45, 7) is 9.41. The molecule has 3 unspecified atom stereocenters. The molecule has 3 amide bonds. The smallest absolute Gasteiger partial charge is 0.287 e. The number of likely N-dealkylation sites (N-methyl/N-ethyl adjacent to an activating group) is 1. The molecule has 4 aliphatic heterocycles. The lowest BCUT2D eigenvalue weighted by Crippen LogP contribution is -2.48. The fourth-order valence-electron chi connectivity index (χ4n) is 9.15. The van der Waals surface area contributed by atoms with Gasteiger partial charge in [-0.05, 0) is 117 Å². The predicted octanol–water partition coefficient (Wildman–Crippen LogP) is 4.99. The van der Waals surface area contributed by atoms with Crippen LogP contribution in [-0.4, -0.2) is 89.7 Å². The first kappa shape index (κ1) is 36.2. The highest BCUT2D eigenvalue weighted by Crippen LogP contribution is 2.43. The molecule has 1 aromatic heterocycles. The predicted molar refractivity (Wildman–Crippen MR) is 203 cm³/mol. The number of carbonyl (C=O) groups is 3. The lowest BCUT2D eigenvalue weighted by molar-refractivity contribution is -0.134. The van der Waals surface area contributed by atoms with Crippen LogP contribution >= 0.6 is 11.6 Å². The van der Waals surface area contributed by atoms with Crippen molar-refractivity contribution in [2.24, 2.45) is 12.5 Å². The fourth-order valence-corrected chi connectivity index (χ4v) is 9.38. The van der Waals surface area contributed by atoms with Gasteiger partial charge in [0.15, 0.2) is 0 Å². The van der Waals surface area contributed by atoms with Crippen LogP contribution in [0.5, 0.6) is 0 Å². The maximum absolute atomic E-state index is 13.6. The van der Waals surface area contributed by atoms with Gasteiger partial charge >= 0.3 is 0 Å². The monoisotopic (exact) mass is 727 g/mol. The zero-order chi connectivity index (χ0) is 36.7. The second-order valence-corrected chi connectivity index (χ2v) is 16.1. The number of piperidine rings is 4. The SMILES string of the molecule is Cc1cc(N2CCC3(CCN(C(=O)c4ccc(C5CC(Nc6cnn(C)c(=O)c6Cl)CN(C)C5)cc4)CC3)CC2)cc(C)c1C1CCC(=O)NC1=O. The zero-order valence-electron chi connectivity index (χ0n) is 30.7. The van der Waals surface area contributed by atoms with Crippen molar-refractivity contribution in [3.8, 4) is 0 Å². The standard InChI is InChI=1S/C40H50ClN7O4/c1-25-19-31(20-26(2)35(25)32-9-10-34(49)44-37(32)50)47-15-11-40(12-16-47)13-17-48(18-14-40)38(51)28-7-5-27(6-8-28)29-21-30(24-45(3)23-29)43-33-22-42-46(4)39(52)36(33)41/h5-8,19-20,22,29-30,32,43H,9-18,21,23-24H2,1-4H3,(H,44,49,50). The molecule has 0 saturated carbocycles. The number of benzene rings is 2. The van der Waals surface area contributed by atoms with Gasteiger partial charge in [-0.15, -0.1) is 0 Å². The normalized spacial score (nSPS) is 23.8. The van der Waals surface area contributed by atoms with E-state index in [0.717, 1.165) is 93.6 Å². The van der Waals surface area contributed by atoms with Crippen molar-refractivity contribution in [1.82, 2.24) is 24.9 Å². The number of aromatic nitrogens is 2. The number of amides is 3. The van der Waals surface area contributed by atoms with Crippen LogP contribution in [0.2, 0.25) is 5.02 Å². The Bertz CT molecular complexity index is 1890. The van der Waals surface area contributed by atoms with Crippen LogP contribution in [0.3, 0.4) is 0 Å². The summed E-state index contributed by atoms with van der Waals surface area (Å²) in [6.07, 6.45) is 7.68. The summed E-state index contributed by atoms with van der Waals surface area (Å²) >= 11 is 6.33. The molecule has 4 saturated heterocycles. The Morgan fingerprint density at radius 1 is 0.942 bits per heavy atom. The molecule has 3 atom stereocenters. The van der Waals surface area contributed by atoms with Crippen LogP contribution in [0.4, 0.5) is 11.4 Å². The number of halogens is 1. The summed E-state index contributed by atoms with van der Waals surface area (Å²) in [5.41, 5.74) is 6.91. The van der Waals surface area contributed by atoms with Crippen LogP contribution in [0, 0.1) is 19.3 Å². The van der Waals surface area contributed by atoms with Gasteiger partial charge in [-0.1, -0.05) is 23.7 Å². The average molecular weight is 728 g/mol. The van der Waals surface area contributed by atoms with E-state index in [0.29, 0.717) is 18.5 Å². The van der Waals surface area contributed by atoms with Gasteiger partial charge in [0.2, 0.25) is 11.8 Å².